The van der Waals surface area contributed by atoms with Gasteiger partial charge in [-0.05, 0) is 44.1 Å². The number of pyridine rings is 1. The molecule has 0 atom stereocenters. The Morgan fingerprint density at radius 3 is 2.70 bits per heavy atom. The maximum absolute atomic E-state index is 8.87. The van der Waals surface area contributed by atoms with Crippen LogP contribution in [0.15, 0.2) is 42.1 Å². The van der Waals surface area contributed by atoms with Gasteiger partial charge in [0.2, 0.25) is 0 Å². The highest BCUT2D eigenvalue weighted by Gasteiger charge is 2.27. The minimum Gasteiger partial charge on any atom is -0.324 e. The first-order valence-corrected chi connectivity index (χ1v) is 9.99. The van der Waals surface area contributed by atoms with Crippen molar-refractivity contribution < 1.29 is 0 Å². The van der Waals surface area contributed by atoms with Crippen molar-refractivity contribution in [2.24, 2.45) is 5.92 Å². The Labute approximate surface area is 159 Å². The van der Waals surface area contributed by atoms with Crippen molar-refractivity contribution in [3.8, 4) is 6.07 Å². The fourth-order valence-corrected chi connectivity index (χ4v) is 4.61. The van der Waals surface area contributed by atoms with Crippen molar-refractivity contribution in [3.05, 3.63) is 54.4 Å². The predicted octanol–water partition coefficient (Wildman–Crippen LogP) is 5.31. The minimum atomic E-state index is 0.494. The number of hydrogen-bond donors (Lipinski definition) is 0. The number of benzene rings is 1. The Morgan fingerprint density at radius 1 is 1.11 bits per heavy atom. The second kappa shape index (κ2) is 6.81. The van der Waals surface area contributed by atoms with Crippen LogP contribution in [-0.2, 0) is 6.42 Å². The summed E-state index contributed by atoms with van der Waals surface area (Å²) < 4.78 is 2.52. The molecule has 2 heterocycles. The molecule has 2 aromatic heterocycles. The molecule has 0 unspecified atom stereocenters. The van der Waals surface area contributed by atoms with Crippen molar-refractivity contribution in [1.82, 2.24) is 14.5 Å². The number of allylic oxidation sites excluding steroid dienone is 2. The molecule has 0 N–H and O–H groups in total. The molecule has 1 fully saturated rings. The average Bonchev–Trinajstić information content (AvgIpc) is 3.45. The van der Waals surface area contributed by atoms with Crippen molar-refractivity contribution in [1.29, 1.82) is 5.26 Å². The summed E-state index contributed by atoms with van der Waals surface area (Å²) >= 11 is 0. The van der Waals surface area contributed by atoms with Gasteiger partial charge in [-0.25, -0.2) is 4.98 Å². The van der Waals surface area contributed by atoms with Gasteiger partial charge in [-0.15, -0.1) is 0 Å². The van der Waals surface area contributed by atoms with Crippen LogP contribution in [0.1, 0.15) is 50.4 Å². The summed E-state index contributed by atoms with van der Waals surface area (Å²) in [6, 6.07) is 11.2. The second-order valence-corrected chi connectivity index (χ2v) is 7.86. The number of rotatable bonds is 5. The predicted molar refractivity (Wildman–Crippen MR) is 107 cm³/mol. The van der Waals surface area contributed by atoms with Crippen LogP contribution in [-0.4, -0.2) is 14.5 Å². The molecular weight excluding hydrogens is 332 g/mol. The van der Waals surface area contributed by atoms with Gasteiger partial charge in [-0.1, -0.05) is 29.8 Å². The summed E-state index contributed by atoms with van der Waals surface area (Å²) in [6.45, 7) is 0. The summed E-state index contributed by atoms with van der Waals surface area (Å²) in [5, 5.41) is 10.1. The highest BCUT2D eigenvalue weighted by molar-refractivity contribution is 6.02. The molecule has 135 valence electrons. The third-order valence-electron chi connectivity index (χ3n) is 6.11. The Morgan fingerprint density at radius 2 is 1.93 bits per heavy atom. The molecule has 4 nitrogen and oxygen atoms in total. The van der Waals surface area contributed by atoms with Crippen LogP contribution >= 0.6 is 0 Å². The van der Waals surface area contributed by atoms with Gasteiger partial charge in [0.05, 0.1) is 23.3 Å². The smallest absolute Gasteiger partial charge is 0.114 e. The lowest BCUT2D eigenvalue weighted by Crippen LogP contribution is -2.20. The van der Waals surface area contributed by atoms with Crippen LogP contribution < -0.4 is 0 Å². The van der Waals surface area contributed by atoms with E-state index in [9.17, 15) is 0 Å². The summed E-state index contributed by atoms with van der Waals surface area (Å²) in [5.74, 6) is 1.88. The number of imidazole rings is 1. The van der Waals surface area contributed by atoms with E-state index in [0.717, 1.165) is 23.9 Å². The van der Waals surface area contributed by atoms with E-state index >= 15 is 0 Å². The summed E-state index contributed by atoms with van der Waals surface area (Å²) in [6.07, 6.45) is 13.7. The van der Waals surface area contributed by atoms with Gasteiger partial charge in [0.25, 0.3) is 0 Å². The van der Waals surface area contributed by atoms with Crippen LogP contribution in [0.4, 0.5) is 0 Å². The third kappa shape index (κ3) is 3.12. The molecule has 0 aliphatic heterocycles. The van der Waals surface area contributed by atoms with Gasteiger partial charge in [0, 0.05) is 30.7 Å². The van der Waals surface area contributed by atoms with Gasteiger partial charge >= 0.3 is 0 Å². The zero-order valence-corrected chi connectivity index (χ0v) is 15.4. The number of fused-ring (bicyclic) bond motifs is 3. The summed E-state index contributed by atoms with van der Waals surface area (Å²) in [4.78, 5) is 9.60. The van der Waals surface area contributed by atoms with E-state index in [-0.39, 0.29) is 0 Å². The summed E-state index contributed by atoms with van der Waals surface area (Å²) in [5.41, 5.74) is 4.68. The zero-order chi connectivity index (χ0) is 18.2. The van der Waals surface area contributed by atoms with E-state index in [1.54, 1.807) is 0 Å². The van der Waals surface area contributed by atoms with Crippen LogP contribution in [0.5, 0.6) is 0 Å². The van der Waals surface area contributed by atoms with E-state index in [1.807, 2.05) is 12.3 Å². The van der Waals surface area contributed by atoms with Gasteiger partial charge < -0.3 is 4.57 Å². The summed E-state index contributed by atoms with van der Waals surface area (Å²) in [7, 11) is 0. The molecule has 27 heavy (non-hydrogen) atoms. The van der Waals surface area contributed by atoms with Crippen molar-refractivity contribution in [2.75, 3.05) is 0 Å². The number of nitriles is 1. The first kappa shape index (κ1) is 16.5. The maximum Gasteiger partial charge on any atom is 0.114 e. The van der Waals surface area contributed by atoms with E-state index < -0.39 is 0 Å². The van der Waals surface area contributed by atoms with E-state index in [2.05, 4.69) is 46.3 Å². The van der Waals surface area contributed by atoms with Crippen LogP contribution in [0, 0.1) is 23.7 Å². The number of hydrogen-bond acceptors (Lipinski definition) is 3. The van der Waals surface area contributed by atoms with Gasteiger partial charge in [0.1, 0.15) is 11.3 Å². The van der Waals surface area contributed by atoms with Crippen LogP contribution in [0.3, 0.4) is 0 Å². The first-order valence-electron chi connectivity index (χ1n) is 9.99. The Balaban J connectivity index is 1.56. The van der Waals surface area contributed by atoms with Crippen molar-refractivity contribution in [3.63, 3.8) is 0 Å². The molecule has 0 amide bonds. The maximum atomic E-state index is 8.87. The fourth-order valence-electron chi connectivity index (χ4n) is 4.61. The standard InChI is InChI=1S/C23H23N4/c24-13-3-4-16-9-11-18(12-10-16)27-22(14-17-7-8-17)26-21-15-25-20-6-2-1-5-19(20)23(21)27/h1-2,5-8,15-16,18H,3-4,9-12,14H2. The Bertz CT molecular complexity index is 1060. The van der Waals surface area contributed by atoms with Crippen molar-refractivity contribution in [2.45, 2.75) is 51.0 Å². The molecule has 2 aliphatic rings. The topological polar surface area (TPSA) is 54.5 Å². The average molecular weight is 355 g/mol. The lowest BCUT2D eigenvalue weighted by atomic mass is 9.83. The Hall–Kier alpha value is -2.67. The van der Waals surface area contributed by atoms with E-state index in [0.29, 0.717) is 18.4 Å². The molecule has 5 rings (SSSR count). The number of nitrogens with zero attached hydrogens (tertiary/aromatic N) is 4. The van der Waals surface area contributed by atoms with Crippen LogP contribution in [0.25, 0.3) is 21.9 Å². The third-order valence-corrected chi connectivity index (χ3v) is 6.11. The number of aromatic nitrogens is 3. The molecule has 1 radical (unpaired) electrons. The lowest BCUT2D eigenvalue weighted by molar-refractivity contribution is 0.266. The quantitative estimate of drug-likeness (QED) is 0.623. The number of para-hydroxylation sites is 1. The lowest BCUT2D eigenvalue weighted by Gasteiger charge is -2.30. The SMILES string of the molecule is N#CCCC1CCC(n2c(CC3=C[CH]3)nc3cnc4ccccc4c32)CC1. The highest BCUT2D eigenvalue weighted by atomic mass is 15.1. The molecule has 0 saturated heterocycles. The van der Waals surface area contributed by atoms with Gasteiger partial charge in [-0.3, -0.25) is 4.98 Å². The molecule has 4 heteroatoms. The molecule has 0 bridgehead atoms. The van der Waals surface area contributed by atoms with Crippen LogP contribution in [0.2, 0.25) is 0 Å². The minimum absolute atomic E-state index is 0.494. The van der Waals surface area contributed by atoms with Gasteiger partial charge in [0.15, 0.2) is 0 Å². The van der Waals surface area contributed by atoms with E-state index in [1.165, 1.54) is 48.0 Å². The normalized spacial score (nSPS) is 22.0. The van der Waals surface area contributed by atoms with Crippen molar-refractivity contribution >= 4 is 21.9 Å². The zero-order valence-electron chi connectivity index (χ0n) is 15.4. The molecular formula is C23H23N4. The molecule has 0 spiro atoms. The largest absolute Gasteiger partial charge is 0.324 e. The highest BCUT2D eigenvalue weighted by Crippen LogP contribution is 2.39. The Kier molecular flexibility index (Phi) is 4.16. The van der Waals surface area contributed by atoms with Gasteiger partial charge in [-0.2, -0.15) is 5.26 Å². The molecule has 1 saturated carbocycles. The van der Waals surface area contributed by atoms with E-state index in [4.69, 9.17) is 10.2 Å². The monoisotopic (exact) mass is 355 g/mol. The first-order chi connectivity index (χ1) is 13.3. The molecule has 2 aliphatic carbocycles. The molecule has 1 aromatic carbocycles. The second-order valence-electron chi connectivity index (χ2n) is 7.86. The fraction of sp³-hybridized carbons (Fsp3) is 0.391. The molecule has 3 aromatic rings.